The van der Waals surface area contributed by atoms with Crippen LogP contribution in [0.3, 0.4) is 0 Å². The zero-order chi connectivity index (χ0) is 38.1. The van der Waals surface area contributed by atoms with Crippen molar-refractivity contribution in [3.63, 3.8) is 0 Å². The van der Waals surface area contributed by atoms with E-state index in [-0.39, 0.29) is 5.41 Å². The molecular formula is C55H39NO. The Morgan fingerprint density at radius 2 is 1.00 bits per heavy atom. The third-order valence-corrected chi connectivity index (χ3v) is 12.1. The molecule has 0 bridgehead atoms. The number of rotatable bonds is 6. The molecule has 0 N–H and O–H groups in total. The predicted molar refractivity (Wildman–Crippen MR) is 240 cm³/mol. The molecule has 0 saturated heterocycles. The minimum atomic E-state index is -0.131. The lowest BCUT2D eigenvalue weighted by Crippen LogP contribution is -2.16. The van der Waals surface area contributed by atoms with Gasteiger partial charge in [0.2, 0.25) is 0 Å². The van der Waals surface area contributed by atoms with E-state index >= 15 is 0 Å². The molecule has 1 heterocycles. The quantitative estimate of drug-likeness (QED) is 0.169. The molecule has 11 rings (SSSR count). The van der Waals surface area contributed by atoms with Crippen LogP contribution in [0.1, 0.15) is 25.0 Å². The second kappa shape index (κ2) is 13.0. The van der Waals surface area contributed by atoms with Crippen LogP contribution in [0.2, 0.25) is 0 Å². The maximum absolute atomic E-state index is 6.91. The van der Waals surface area contributed by atoms with E-state index in [1.165, 1.54) is 55.3 Å². The van der Waals surface area contributed by atoms with Crippen LogP contribution in [0.4, 0.5) is 17.1 Å². The Morgan fingerprint density at radius 3 is 1.81 bits per heavy atom. The van der Waals surface area contributed by atoms with Gasteiger partial charge in [-0.2, -0.15) is 0 Å². The molecule has 2 heteroatoms. The summed E-state index contributed by atoms with van der Waals surface area (Å²) in [6.45, 7) is 4.70. The Morgan fingerprint density at radius 1 is 0.404 bits per heavy atom. The lowest BCUT2D eigenvalue weighted by molar-refractivity contribution is 0.660. The topological polar surface area (TPSA) is 16.4 Å². The van der Waals surface area contributed by atoms with Crippen molar-refractivity contribution in [3.05, 3.63) is 211 Å². The normalized spacial score (nSPS) is 12.9. The van der Waals surface area contributed by atoms with Gasteiger partial charge in [0.25, 0.3) is 0 Å². The van der Waals surface area contributed by atoms with E-state index in [2.05, 4.69) is 219 Å². The highest BCUT2D eigenvalue weighted by Crippen LogP contribution is 2.52. The van der Waals surface area contributed by atoms with E-state index in [9.17, 15) is 0 Å². The molecule has 9 aromatic carbocycles. The van der Waals surface area contributed by atoms with E-state index in [0.717, 1.165) is 50.1 Å². The summed E-state index contributed by atoms with van der Waals surface area (Å²) in [6.07, 6.45) is 0. The largest absolute Gasteiger partial charge is 0.455 e. The van der Waals surface area contributed by atoms with E-state index in [4.69, 9.17) is 4.42 Å². The maximum atomic E-state index is 6.91. The molecule has 1 aromatic heterocycles. The Bertz CT molecular complexity index is 3140. The van der Waals surface area contributed by atoms with E-state index in [1.54, 1.807) is 0 Å². The number of furan rings is 1. The molecule has 0 atom stereocenters. The molecule has 270 valence electrons. The smallest absolute Gasteiger partial charge is 0.143 e. The van der Waals surface area contributed by atoms with E-state index in [1.807, 2.05) is 0 Å². The summed E-state index contributed by atoms with van der Waals surface area (Å²) in [5, 5.41) is 4.56. The van der Waals surface area contributed by atoms with Gasteiger partial charge in [-0.3, -0.25) is 0 Å². The molecule has 2 nitrogen and oxygen atoms in total. The molecule has 57 heavy (non-hydrogen) atoms. The zero-order valence-electron chi connectivity index (χ0n) is 31.9. The first-order chi connectivity index (χ1) is 28.0. The average molecular weight is 730 g/mol. The second-order valence-corrected chi connectivity index (χ2v) is 15.7. The van der Waals surface area contributed by atoms with Crippen LogP contribution in [0, 0.1) is 0 Å². The van der Waals surface area contributed by atoms with Gasteiger partial charge in [-0.05, 0) is 97.7 Å². The third-order valence-electron chi connectivity index (χ3n) is 12.1. The molecule has 1 aliphatic carbocycles. The van der Waals surface area contributed by atoms with Gasteiger partial charge in [-0.25, -0.2) is 0 Å². The number of benzene rings is 9. The summed E-state index contributed by atoms with van der Waals surface area (Å²) in [7, 11) is 0. The Labute approximate surface area is 332 Å². The van der Waals surface area contributed by atoms with Crippen LogP contribution in [0.5, 0.6) is 0 Å². The fourth-order valence-electron chi connectivity index (χ4n) is 9.24. The monoisotopic (exact) mass is 729 g/mol. The highest BCUT2D eigenvalue weighted by atomic mass is 16.3. The molecule has 0 aliphatic heterocycles. The Balaban J connectivity index is 1.13. The van der Waals surface area contributed by atoms with Crippen molar-refractivity contribution in [2.45, 2.75) is 19.3 Å². The fraction of sp³-hybridized carbons (Fsp3) is 0.0545. The highest BCUT2D eigenvalue weighted by Gasteiger charge is 2.36. The first-order valence-electron chi connectivity index (χ1n) is 19.8. The number of hydrogen-bond acceptors (Lipinski definition) is 2. The van der Waals surface area contributed by atoms with Gasteiger partial charge in [-0.15, -0.1) is 0 Å². The molecule has 0 amide bonds. The van der Waals surface area contributed by atoms with Crippen LogP contribution in [0.15, 0.2) is 205 Å². The SMILES string of the molecule is CC1(C)c2ccccc2-c2ccc(N(c3ccc4oc5c(-c6ccc(-c7ccccc7)cc6)c6ccccc6cc5c4c3)c3ccccc3-c3ccccc3)cc21. The van der Waals surface area contributed by atoms with Crippen LogP contribution in [-0.2, 0) is 5.41 Å². The minimum Gasteiger partial charge on any atom is -0.455 e. The third kappa shape index (κ3) is 5.33. The van der Waals surface area contributed by atoms with Crippen molar-refractivity contribution in [2.75, 3.05) is 4.90 Å². The van der Waals surface area contributed by atoms with Gasteiger partial charge in [0.05, 0.1) is 5.69 Å². The number of para-hydroxylation sites is 1. The highest BCUT2D eigenvalue weighted by molar-refractivity contribution is 6.19. The summed E-state index contributed by atoms with van der Waals surface area (Å²) in [4.78, 5) is 2.43. The molecule has 0 spiro atoms. The number of fused-ring (bicyclic) bond motifs is 7. The minimum absolute atomic E-state index is 0.131. The van der Waals surface area contributed by atoms with Crippen molar-refractivity contribution >= 4 is 49.8 Å². The Kier molecular flexibility index (Phi) is 7.55. The lowest BCUT2D eigenvalue weighted by Gasteiger charge is -2.30. The molecular weight excluding hydrogens is 691 g/mol. The van der Waals surface area contributed by atoms with Gasteiger partial charge in [-0.1, -0.05) is 172 Å². The molecule has 1 aliphatic rings. The van der Waals surface area contributed by atoms with E-state index in [0.29, 0.717) is 0 Å². The van der Waals surface area contributed by atoms with Gasteiger partial charge >= 0.3 is 0 Å². The first-order valence-corrected chi connectivity index (χ1v) is 19.8. The van der Waals surface area contributed by atoms with E-state index < -0.39 is 0 Å². The van der Waals surface area contributed by atoms with Gasteiger partial charge in [0, 0.05) is 38.7 Å². The van der Waals surface area contributed by atoms with Crippen molar-refractivity contribution < 1.29 is 4.42 Å². The van der Waals surface area contributed by atoms with Crippen molar-refractivity contribution in [3.8, 4) is 44.5 Å². The van der Waals surface area contributed by atoms with Crippen molar-refractivity contribution in [1.29, 1.82) is 0 Å². The van der Waals surface area contributed by atoms with Crippen LogP contribution in [0.25, 0.3) is 77.2 Å². The first kappa shape index (κ1) is 33.2. The Hall–Kier alpha value is -7.16. The lowest BCUT2D eigenvalue weighted by atomic mass is 9.82. The standard InChI is InChI=1S/C55H39NO/c1-55(2)49-23-13-11-22-45(49)46-31-29-42(35-50(46)55)56(51-24-14-12-20-43(51)38-17-7-4-8-18-38)41-30-32-52-47(34-41)48-33-40-19-9-10-21-44(40)53(54(48)57-52)39-27-25-37(26-28-39)36-15-5-3-6-16-36/h3-35H,1-2H3. The molecule has 0 saturated carbocycles. The zero-order valence-corrected chi connectivity index (χ0v) is 31.9. The summed E-state index contributed by atoms with van der Waals surface area (Å²) in [5.41, 5.74) is 17.3. The van der Waals surface area contributed by atoms with Crippen molar-refractivity contribution in [2.24, 2.45) is 0 Å². The fourth-order valence-corrected chi connectivity index (χ4v) is 9.24. The molecule has 0 radical (unpaired) electrons. The predicted octanol–water partition coefficient (Wildman–Crippen LogP) is 15.5. The summed E-state index contributed by atoms with van der Waals surface area (Å²) in [5.74, 6) is 0. The van der Waals surface area contributed by atoms with Crippen LogP contribution < -0.4 is 4.90 Å². The summed E-state index contributed by atoms with van der Waals surface area (Å²) < 4.78 is 6.91. The van der Waals surface area contributed by atoms with Gasteiger partial charge in [0.1, 0.15) is 11.2 Å². The van der Waals surface area contributed by atoms with Gasteiger partial charge in [0.15, 0.2) is 0 Å². The average Bonchev–Trinajstić information content (AvgIpc) is 3.74. The van der Waals surface area contributed by atoms with Gasteiger partial charge < -0.3 is 9.32 Å². The molecule has 0 unspecified atom stereocenters. The van der Waals surface area contributed by atoms with Crippen LogP contribution in [-0.4, -0.2) is 0 Å². The second-order valence-electron chi connectivity index (χ2n) is 15.7. The summed E-state index contributed by atoms with van der Waals surface area (Å²) in [6, 6.07) is 72.5. The number of nitrogens with zero attached hydrogens (tertiary/aromatic N) is 1. The number of hydrogen-bond donors (Lipinski definition) is 0. The summed E-state index contributed by atoms with van der Waals surface area (Å²) >= 11 is 0. The maximum Gasteiger partial charge on any atom is 0.143 e. The van der Waals surface area contributed by atoms with Crippen LogP contribution >= 0.6 is 0 Å². The molecule has 10 aromatic rings. The molecule has 0 fully saturated rings. The number of anilines is 3. The van der Waals surface area contributed by atoms with Crippen molar-refractivity contribution in [1.82, 2.24) is 0 Å².